The fourth-order valence-corrected chi connectivity index (χ4v) is 2.04. The number of allylic oxidation sites excluding steroid dienone is 1. The standard InChI is InChI=1S/C12H27BO2Si/c1-11(2)14-13(15-12(3)4)9-8-10-16(5,6)7/h8-9,11-12H,10H2,1-7H3/b9-8-. The number of rotatable bonds is 7. The lowest BCUT2D eigenvalue weighted by Gasteiger charge is -2.17. The Bertz CT molecular complexity index is 200. The molecule has 0 heterocycles. The summed E-state index contributed by atoms with van der Waals surface area (Å²) in [6.07, 6.45) is 2.60. The third-order valence-electron chi connectivity index (χ3n) is 1.84. The maximum Gasteiger partial charge on any atom is 0.486 e. The molecule has 0 atom stereocenters. The van der Waals surface area contributed by atoms with Crippen LogP contribution in [0.3, 0.4) is 0 Å². The van der Waals surface area contributed by atoms with Crippen LogP contribution in [0.4, 0.5) is 0 Å². The molecule has 0 spiro atoms. The average Bonchev–Trinajstić information content (AvgIpc) is 1.98. The van der Waals surface area contributed by atoms with Crippen molar-refractivity contribution in [3.8, 4) is 0 Å². The van der Waals surface area contributed by atoms with Crippen molar-refractivity contribution in [3.05, 3.63) is 12.1 Å². The molecule has 2 nitrogen and oxygen atoms in total. The normalized spacial score (nSPS) is 13.1. The van der Waals surface area contributed by atoms with Gasteiger partial charge < -0.3 is 9.31 Å². The van der Waals surface area contributed by atoms with E-state index >= 15 is 0 Å². The molecule has 94 valence electrons. The van der Waals surface area contributed by atoms with Crippen molar-refractivity contribution in [2.75, 3.05) is 0 Å². The summed E-state index contributed by atoms with van der Waals surface area (Å²) >= 11 is 0. The maximum absolute atomic E-state index is 5.68. The highest BCUT2D eigenvalue weighted by Gasteiger charge is 2.18. The van der Waals surface area contributed by atoms with Crippen molar-refractivity contribution in [1.82, 2.24) is 0 Å². The zero-order valence-corrected chi connectivity index (χ0v) is 12.9. The van der Waals surface area contributed by atoms with Gasteiger partial charge in [-0.3, -0.25) is 0 Å². The monoisotopic (exact) mass is 242 g/mol. The number of hydrogen-bond donors (Lipinski definition) is 0. The summed E-state index contributed by atoms with van der Waals surface area (Å²) in [6, 6.07) is 1.17. The fourth-order valence-electron chi connectivity index (χ4n) is 1.19. The molecule has 0 bridgehead atoms. The van der Waals surface area contributed by atoms with E-state index in [9.17, 15) is 0 Å². The molecular weight excluding hydrogens is 215 g/mol. The SMILES string of the molecule is CC(C)OB(/C=C\C[Si](C)(C)C)OC(C)C. The molecule has 0 amide bonds. The lowest BCUT2D eigenvalue weighted by Crippen LogP contribution is -2.28. The lowest BCUT2D eigenvalue weighted by molar-refractivity contribution is 0.138. The highest BCUT2D eigenvalue weighted by Crippen LogP contribution is 2.10. The first-order valence-corrected chi connectivity index (χ1v) is 9.89. The van der Waals surface area contributed by atoms with Gasteiger partial charge in [0.05, 0.1) is 0 Å². The molecule has 0 saturated heterocycles. The van der Waals surface area contributed by atoms with Gasteiger partial charge >= 0.3 is 7.12 Å². The van der Waals surface area contributed by atoms with E-state index in [0.29, 0.717) is 0 Å². The zero-order chi connectivity index (χ0) is 12.8. The van der Waals surface area contributed by atoms with E-state index in [1.807, 2.05) is 27.7 Å². The molecule has 0 radical (unpaired) electrons. The minimum Gasteiger partial charge on any atom is -0.405 e. The predicted molar refractivity (Wildman–Crippen MR) is 75.5 cm³/mol. The van der Waals surface area contributed by atoms with Gasteiger partial charge in [-0.05, 0) is 33.7 Å². The van der Waals surface area contributed by atoms with Crippen LogP contribution in [0.1, 0.15) is 27.7 Å². The van der Waals surface area contributed by atoms with Crippen LogP contribution in [0.15, 0.2) is 12.1 Å². The second kappa shape index (κ2) is 7.30. The summed E-state index contributed by atoms with van der Waals surface area (Å²) in [7, 11) is -1.20. The van der Waals surface area contributed by atoms with E-state index in [1.165, 1.54) is 6.04 Å². The van der Waals surface area contributed by atoms with Crippen LogP contribution in [-0.2, 0) is 9.31 Å². The third-order valence-corrected chi connectivity index (χ3v) is 3.30. The molecule has 16 heavy (non-hydrogen) atoms. The Morgan fingerprint density at radius 3 is 1.75 bits per heavy atom. The van der Waals surface area contributed by atoms with E-state index in [2.05, 4.69) is 31.7 Å². The summed E-state index contributed by atoms with van der Waals surface area (Å²) in [5, 5.41) is 0. The van der Waals surface area contributed by atoms with Crippen LogP contribution in [0, 0.1) is 0 Å². The van der Waals surface area contributed by atoms with Crippen molar-refractivity contribution < 1.29 is 9.31 Å². The molecular formula is C12H27BO2Si. The Kier molecular flexibility index (Phi) is 7.28. The van der Waals surface area contributed by atoms with E-state index in [1.54, 1.807) is 0 Å². The summed E-state index contributed by atoms with van der Waals surface area (Å²) < 4.78 is 11.4. The van der Waals surface area contributed by atoms with Gasteiger partial charge in [-0.25, -0.2) is 0 Å². The molecule has 0 rings (SSSR count). The van der Waals surface area contributed by atoms with Gasteiger partial charge in [-0.2, -0.15) is 0 Å². The Morgan fingerprint density at radius 1 is 1.00 bits per heavy atom. The molecule has 0 aliphatic heterocycles. The van der Waals surface area contributed by atoms with Gasteiger partial charge in [0.2, 0.25) is 0 Å². The molecule has 0 fully saturated rings. The van der Waals surface area contributed by atoms with Crippen molar-refractivity contribution in [2.24, 2.45) is 0 Å². The van der Waals surface area contributed by atoms with Gasteiger partial charge in [0, 0.05) is 20.3 Å². The third kappa shape index (κ3) is 10.5. The predicted octanol–water partition coefficient (Wildman–Crippen LogP) is 3.76. The molecule has 0 aliphatic rings. The highest BCUT2D eigenvalue weighted by molar-refractivity contribution is 6.76. The van der Waals surface area contributed by atoms with Crippen LogP contribution in [0.25, 0.3) is 0 Å². The first kappa shape index (κ1) is 15.9. The van der Waals surface area contributed by atoms with Crippen molar-refractivity contribution in [2.45, 2.75) is 65.6 Å². The molecule has 0 saturated carbocycles. The first-order chi connectivity index (χ1) is 7.20. The summed E-state index contributed by atoms with van der Waals surface area (Å²) in [5.41, 5.74) is 0. The van der Waals surface area contributed by atoms with E-state index in [-0.39, 0.29) is 19.3 Å². The second-order valence-electron chi connectivity index (χ2n) is 5.93. The summed E-state index contributed by atoms with van der Waals surface area (Å²) in [4.78, 5) is 0. The Morgan fingerprint density at radius 2 is 1.44 bits per heavy atom. The minimum absolute atomic E-state index is 0.195. The molecule has 0 aliphatic carbocycles. The Labute approximate surface area is 103 Å². The minimum atomic E-state index is -1.00. The lowest BCUT2D eigenvalue weighted by atomic mass is 9.88. The van der Waals surface area contributed by atoms with Gasteiger partial charge in [0.15, 0.2) is 0 Å². The maximum atomic E-state index is 5.68. The van der Waals surface area contributed by atoms with E-state index in [0.717, 1.165) is 0 Å². The molecule has 0 aromatic carbocycles. The number of hydrogen-bond acceptors (Lipinski definition) is 2. The molecule has 0 aromatic heterocycles. The van der Waals surface area contributed by atoms with E-state index in [4.69, 9.17) is 9.31 Å². The zero-order valence-electron chi connectivity index (χ0n) is 11.9. The Balaban J connectivity index is 4.19. The van der Waals surface area contributed by atoms with Crippen LogP contribution >= 0.6 is 0 Å². The van der Waals surface area contributed by atoms with E-state index < -0.39 is 8.07 Å². The van der Waals surface area contributed by atoms with Crippen LogP contribution in [0.2, 0.25) is 25.7 Å². The van der Waals surface area contributed by atoms with Crippen molar-refractivity contribution in [1.29, 1.82) is 0 Å². The smallest absolute Gasteiger partial charge is 0.405 e. The van der Waals surface area contributed by atoms with Crippen LogP contribution in [-0.4, -0.2) is 27.4 Å². The molecule has 0 N–H and O–H groups in total. The second-order valence-corrected chi connectivity index (χ2v) is 11.5. The van der Waals surface area contributed by atoms with Gasteiger partial charge in [-0.15, -0.1) is 0 Å². The van der Waals surface area contributed by atoms with Crippen LogP contribution in [0.5, 0.6) is 0 Å². The van der Waals surface area contributed by atoms with Crippen molar-refractivity contribution >= 4 is 15.2 Å². The fraction of sp³-hybridized carbons (Fsp3) is 0.833. The summed E-state index contributed by atoms with van der Waals surface area (Å²) in [5.74, 6) is 2.05. The first-order valence-electron chi connectivity index (χ1n) is 6.18. The van der Waals surface area contributed by atoms with Crippen molar-refractivity contribution in [3.63, 3.8) is 0 Å². The van der Waals surface area contributed by atoms with Gasteiger partial charge in [-0.1, -0.05) is 31.7 Å². The summed E-state index contributed by atoms with van der Waals surface area (Å²) in [6.45, 7) is 15.2. The molecule has 0 unspecified atom stereocenters. The van der Waals surface area contributed by atoms with Gasteiger partial charge in [0.1, 0.15) is 0 Å². The van der Waals surface area contributed by atoms with Gasteiger partial charge in [0.25, 0.3) is 0 Å². The molecule has 4 heteroatoms. The molecule has 0 aromatic rings. The highest BCUT2D eigenvalue weighted by atomic mass is 28.3. The quantitative estimate of drug-likeness (QED) is 0.633. The Hall–Kier alpha value is -0.0582. The average molecular weight is 242 g/mol. The largest absolute Gasteiger partial charge is 0.486 e. The topological polar surface area (TPSA) is 18.5 Å². The van der Waals surface area contributed by atoms with Crippen LogP contribution < -0.4 is 0 Å².